The van der Waals surface area contributed by atoms with Crippen LogP contribution in [0.2, 0.25) is 0 Å². The van der Waals surface area contributed by atoms with Crippen LogP contribution in [0.1, 0.15) is 35.4 Å². The van der Waals surface area contributed by atoms with E-state index in [1.807, 2.05) is 60.7 Å². The minimum absolute atomic E-state index is 0.0371. The first-order valence-electron chi connectivity index (χ1n) is 11.9. The second-order valence-electron chi connectivity index (χ2n) is 8.27. The van der Waals surface area contributed by atoms with Crippen LogP contribution in [0.5, 0.6) is 11.5 Å². The Labute approximate surface area is 214 Å². The molecule has 0 bridgehead atoms. The zero-order chi connectivity index (χ0) is 24.5. The number of unbranched alkanes of at least 4 members (excludes halogenated alkanes) is 2. The molecule has 182 valence electrons. The summed E-state index contributed by atoms with van der Waals surface area (Å²) in [4.78, 5) is 17.1. The monoisotopic (exact) mass is 535 g/mol. The molecule has 6 nitrogen and oxygen atoms in total. The van der Waals surface area contributed by atoms with Gasteiger partial charge < -0.3 is 19.4 Å². The molecule has 1 aromatic heterocycles. The SMILES string of the molecule is COc1ccc(OCCn2c(CCCCCNC(=O)c3cccc(Br)c3)nc3ccccc32)cc1. The number of nitrogens with zero attached hydrogens (tertiary/aromatic N) is 2. The van der Waals surface area contributed by atoms with E-state index in [0.717, 1.165) is 65.1 Å². The van der Waals surface area contributed by atoms with E-state index in [0.29, 0.717) is 18.7 Å². The molecule has 0 atom stereocenters. The van der Waals surface area contributed by atoms with Crippen LogP contribution in [0.4, 0.5) is 0 Å². The Morgan fingerprint density at radius 1 is 0.971 bits per heavy atom. The van der Waals surface area contributed by atoms with Crippen LogP contribution in [-0.2, 0) is 13.0 Å². The summed E-state index contributed by atoms with van der Waals surface area (Å²) >= 11 is 3.41. The van der Waals surface area contributed by atoms with Gasteiger partial charge in [0.2, 0.25) is 0 Å². The number of amides is 1. The first-order valence-corrected chi connectivity index (χ1v) is 12.7. The molecular weight excluding hydrogens is 506 g/mol. The molecule has 0 aliphatic heterocycles. The highest BCUT2D eigenvalue weighted by Crippen LogP contribution is 2.20. The van der Waals surface area contributed by atoms with Gasteiger partial charge in [0.1, 0.15) is 23.9 Å². The van der Waals surface area contributed by atoms with E-state index in [1.54, 1.807) is 7.11 Å². The third-order valence-corrected chi connectivity index (χ3v) is 6.32. The number of hydrogen-bond acceptors (Lipinski definition) is 4. The number of ether oxygens (including phenoxy) is 2. The number of aromatic nitrogens is 2. The van der Waals surface area contributed by atoms with E-state index in [-0.39, 0.29) is 5.91 Å². The standard InChI is InChI=1S/C28H30BrN3O3/c1-34-23-13-15-24(16-14-23)35-19-18-32-26-11-5-4-10-25(26)31-27(32)12-3-2-6-17-30-28(33)21-8-7-9-22(29)20-21/h4-5,7-11,13-16,20H,2-3,6,12,17-19H2,1H3,(H,30,33). The fraction of sp³-hybridized carbons (Fsp3) is 0.286. The predicted octanol–water partition coefficient (Wildman–Crippen LogP) is 6.03. The second kappa shape index (κ2) is 12.4. The van der Waals surface area contributed by atoms with Crippen molar-refractivity contribution in [3.05, 3.63) is 88.7 Å². The van der Waals surface area contributed by atoms with Crippen LogP contribution in [0, 0.1) is 0 Å². The Kier molecular flexibility index (Phi) is 8.79. The molecule has 7 heteroatoms. The van der Waals surface area contributed by atoms with Crippen LogP contribution in [-0.4, -0.2) is 35.7 Å². The molecule has 35 heavy (non-hydrogen) atoms. The number of rotatable bonds is 12. The molecule has 0 fully saturated rings. The number of nitrogens with one attached hydrogen (secondary N) is 1. The maximum absolute atomic E-state index is 12.3. The van der Waals surface area contributed by atoms with Crippen molar-refractivity contribution in [2.24, 2.45) is 0 Å². The van der Waals surface area contributed by atoms with E-state index < -0.39 is 0 Å². The molecule has 0 aliphatic carbocycles. The van der Waals surface area contributed by atoms with Gasteiger partial charge in [-0.1, -0.05) is 40.5 Å². The topological polar surface area (TPSA) is 65.4 Å². The number of carbonyl (C=O) groups is 1. The van der Waals surface area contributed by atoms with Crippen molar-refractivity contribution in [1.82, 2.24) is 14.9 Å². The molecule has 1 amide bonds. The summed E-state index contributed by atoms with van der Waals surface area (Å²) in [5.41, 5.74) is 2.81. The van der Waals surface area contributed by atoms with Gasteiger partial charge in [-0.3, -0.25) is 4.79 Å². The molecule has 3 aromatic carbocycles. The molecule has 0 saturated carbocycles. The minimum Gasteiger partial charge on any atom is -0.497 e. The fourth-order valence-electron chi connectivity index (χ4n) is 4.01. The van der Waals surface area contributed by atoms with Gasteiger partial charge in [0.05, 0.1) is 24.7 Å². The molecule has 0 radical (unpaired) electrons. The second-order valence-corrected chi connectivity index (χ2v) is 9.18. The third kappa shape index (κ3) is 6.85. The minimum atomic E-state index is -0.0371. The number of fused-ring (bicyclic) bond motifs is 1. The van der Waals surface area contributed by atoms with E-state index in [1.165, 1.54) is 0 Å². The van der Waals surface area contributed by atoms with E-state index in [2.05, 4.69) is 37.9 Å². The first kappa shape index (κ1) is 24.8. The number of hydrogen-bond donors (Lipinski definition) is 1. The molecule has 0 saturated heterocycles. The summed E-state index contributed by atoms with van der Waals surface area (Å²) in [5, 5.41) is 3.00. The quantitative estimate of drug-likeness (QED) is 0.225. The number of carbonyl (C=O) groups excluding carboxylic acids is 1. The van der Waals surface area contributed by atoms with E-state index in [4.69, 9.17) is 14.5 Å². The van der Waals surface area contributed by atoms with Crippen LogP contribution >= 0.6 is 15.9 Å². The highest BCUT2D eigenvalue weighted by Gasteiger charge is 2.11. The van der Waals surface area contributed by atoms with Crippen LogP contribution < -0.4 is 14.8 Å². The van der Waals surface area contributed by atoms with Crippen LogP contribution in [0.3, 0.4) is 0 Å². The average Bonchev–Trinajstić information content (AvgIpc) is 3.23. The number of imidazole rings is 1. The van der Waals surface area contributed by atoms with Crippen molar-refractivity contribution in [2.45, 2.75) is 32.2 Å². The fourth-order valence-corrected chi connectivity index (χ4v) is 4.41. The third-order valence-electron chi connectivity index (χ3n) is 5.83. The molecule has 1 N–H and O–H groups in total. The summed E-state index contributed by atoms with van der Waals surface area (Å²) in [6.45, 7) is 1.95. The van der Waals surface area contributed by atoms with Crippen molar-refractivity contribution in [1.29, 1.82) is 0 Å². The van der Waals surface area contributed by atoms with Gasteiger partial charge in [0.15, 0.2) is 0 Å². The number of aryl methyl sites for hydroxylation is 1. The lowest BCUT2D eigenvalue weighted by molar-refractivity contribution is 0.0953. The number of halogens is 1. The van der Waals surface area contributed by atoms with Gasteiger partial charge in [-0.15, -0.1) is 0 Å². The van der Waals surface area contributed by atoms with E-state index in [9.17, 15) is 4.79 Å². The summed E-state index contributed by atoms with van der Waals surface area (Å²) in [5.74, 6) is 2.67. The summed E-state index contributed by atoms with van der Waals surface area (Å²) in [7, 11) is 1.65. The lowest BCUT2D eigenvalue weighted by atomic mass is 10.1. The van der Waals surface area contributed by atoms with Crippen molar-refractivity contribution in [3.8, 4) is 11.5 Å². The Bertz CT molecular complexity index is 1250. The molecular formula is C28H30BrN3O3. The predicted molar refractivity (Wildman–Crippen MR) is 142 cm³/mol. The Hall–Kier alpha value is -3.32. The number of benzene rings is 3. The first-order chi connectivity index (χ1) is 17.1. The zero-order valence-corrected chi connectivity index (χ0v) is 21.5. The lowest BCUT2D eigenvalue weighted by Gasteiger charge is -2.11. The van der Waals surface area contributed by atoms with Crippen LogP contribution in [0.25, 0.3) is 11.0 Å². The van der Waals surface area contributed by atoms with Crippen molar-refractivity contribution in [2.75, 3.05) is 20.3 Å². The Balaban J connectivity index is 1.26. The van der Waals surface area contributed by atoms with Crippen molar-refractivity contribution < 1.29 is 14.3 Å². The zero-order valence-electron chi connectivity index (χ0n) is 19.9. The number of methoxy groups -OCH3 is 1. The van der Waals surface area contributed by atoms with Crippen LogP contribution in [0.15, 0.2) is 77.3 Å². The normalized spacial score (nSPS) is 10.9. The molecule has 4 rings (SSSR count). The van der Waals surface area contributed by atoms with Gasteiger partial charge in [-0.2, -0.15) is 0 Å². The van der Waals surface area contributed by atoms with Gasteiger partial charge in [-0.25, -0.2) is 4.98 Å². The Morgan fingerprint density at radius 3 is 2.57 bits per heavy atom. The lowest BCUT2D eigenvalue weighted by Crippen LogP contribution is -2.24. The van der Waals surface area contributed by atoms with Crippen molar-refractivity contribution >= 4 is 32.9 Å². The highest BCUT2D eigenvalue weighted by molar-refractivity contribution is 9.10. The largest absolute Gasteiger partial charge is 0.497 e. The summed E-state index contributed by atoms with van der Waals surface area (Å²) in [6, 6.07) is 23.3. The number of para-hydroxylation sites is 2. The molecule has 0 spiro atoms. The smallest absolute Gasteiger partial charge is 0.251 e. The average molecular weight is 536 g/mol. The highest BCUT2D eigenvalue weighted by atomic mass is 79.9. The van der Waals surface area contributed by atoms with Crippen molar-refractivity contribution in [3.63, 3.8) is 0 Å². The van der Waals surface area contributed by atoms with E-state index >= 15 is 0 Å². The maximum atomic E-state index is 12.3. The molecule has 1 heterocycles. The van der Waals surface area contributed by atoms with Gasteiger partial charge in [0.25, 0.3) is 5.91 Å². The summed E-state index contributed by atoms with van der Waals surface area (Å²) in [6.07, 6.45) is 3.84. The Morgan fingerprint density at radius 2 is 1.77 bits per heavy atom. The molecule has 0 aliphatic rings. The van der Waals surface area contributed by atoms with Gasteiger partial charge >= 0.3 is 0 Å². The van der Waals surface area contributed by atoms with Gasteiger partial charge in [-0.05, 0) is 67.4 Å². The maximum Gasteiger partial charge on any atom is 0.251 e. The van der Waals surface area contributed by atoms with Gasteiger partial charge in [0, 0.05) is 23.0 Å². The summed E-state index contributed by atoms with van der Waals surface area (Å²) < 4.78 is 14.3. The molecule has 4 aromatic rings. The molecule has 0 unspecified atom stereocenters.